The highest BCUT2D eigenvalue weighted by Gasteiger charge is 2.18. The molecule has 0 N–H and O–H groups in total. The van der Waals surface area contributed by atoms with E-state index in [0.29, 0.717) is 6.10 Å². The van der Waals surface area contributed by atoms with E-state index in [9.17, 15) is 0 Å². The molecule has 0 aliphatic carbocycles. The molecule has 2 heteroatoms. The molecule has 1 unspecified atom stereocenters. The summed E-state index contributed by atoms with van der Waals surface area (Å²) in [5, 5.41) is 0. The van der Waals surface area contributed by atoms with Crippen LogP contribution >= 0.6 is 0 Å². The van der Waals surface area contributed by atoms with Gasteiger partial charge in [0.05, 0.1) is 12.7 Å². The quantitative estimate of drug-likeness (QED) is 0.735. The van der Waals surface area contributed by atoms with Gasteiger partial charge in [-0.1, -0.05) is 25.1 Å². The zero-order valence-electron chi connectivity index (χ0n) is 9.57. The Labute approximate surface area is 91.9 Å². The topological polar surface area (TPSA) is 12.5 Å². The molecule has 1 heterocycles. The van der Waals surface area contributed by atoms with Crippen molar-refractivity contribution >= 4 is 5.69 Å². The maximum Gasteiger partial charge on any atom is 0.0722 e. The van der Waals surface area contributed by atoms with Crippen LogP contribution in [0.4, 0.5) is 5.69 Å². The van der Waals surface area contributed by atoms with Gasteiger partial charge in [0, 0.05) is 18.8 Å². The monoisotopic (exact) mass is 205 g/mol. The molecule has 2 nitrogen and oxygen atoms in total. The van der Waals surface area contributed by atoms with Crippen molar-refractivity contribution in [3.63, 3.8) is 0 Å². The second kappa shape index (κ2) is 4.67. The van der Waals surface area contributed by atoms with Crippen LogP contribution in [0.25, 0.3) is 0 Å². The minimum absolute atomic E-state index is 0.351. The first-order chi connectivity index (χ1) is 7.31. The van der Waals surface area contributed by atoms with Crippen molar-refractivity contribution in [1.29, 1.82) is 0 Å². The Morgan fingerprint density at radius 3 is 2.93 bits per heavy atom. The summed E-state index contributed by atoms with van der Waals surface area (Å²) < 4.78 is 5.56. The molecule has 0 bridgehead atoms. The molecule has 15 heavy (non-hydrogen) atoms. The zero-order valence-corrected chi connectivity index (χ0v) is 9.57. The Bertz CT molecular complexity index is 324. The highest BCUT2D eigenvalue weighted by Crippen LogP contribution is 2.22. The van der Waals surface area contributed by atoms with Crippen LogP contribution in [0.3, 0.4) is 0 Å². The largest absolute Gasteiger partial charge is 0.375 e. The molecule has 2 rings (SSSR count). The third-order valence-electron chi connectivity index (χ3n) is 2.95. The van der Waals surface area contributed by atoms with E-state index in [1.54, 1.807) is 0 Å². The van der Waals surface area contributed by atoms with Crippen molar-refractivity contribution in [1.82, 2.24) is 0 Å². The van der Waals surface area contributed by atoms with Gasteiger partial charge in [-0.2, -0.15) is 0 Å². The Kier molecular flexibility index (Phi) is 3.27. The fraction of sp³-hybridized carbons (Fsp3) is 0.538. The Balaban J connectivity index is 2.20. The first kappa shape index (κ1) is 10.5. The maximum atomic E-state index is 5.56. The lowest BCUT2D eigenvalue weighted by Gasteiger charge is -2.34. The number of aryl methyl sites for hydroxylation is 1. The van der Waals surface area contributed by atoms with Crippen LogP contribution in [0.1, 0.15) is 19.4 Å². The van der Waals surface area contributed by atoms with Gasteiger partial charge in [-0.05, 0) is 25.0 Å². The third kappa shape index (κ3) is 2.32. The van der Waals surface area contributed by atoms with Crippen molar-refractivity contribution in [3.05, 3.63) is 29.8 Å². The average Bonchev–Trinajstić information content (AvgIpc) is 2.29. The Morgan fingerprint density at radius 2 is 2.20 bits per heavy atom. The summed E-state index contributed by atoms with van der Waals surface area (Å²) in [5.74, 6) is 0. The van der Waals surface area contributed by atoms with E-state index in [1.807, 2.05) is 0 Å². The van der Waals surface area contributed by atoms with Gasteiger partial charge in [0.2, 0.25) is 0 Å². The van der Waals surface area contributed by atoms with Crippen molar-refractivity contribution in [3.8, 4) is 0 Å². The molecule has 0 amide bonds. The lowest BCUT2D eigenvalue weighted by atomic mass is 10.1. The Morgan fingerprint density at radius 1 is 1.40 bits per heavy atom. The van der Waals surface area contributed by atoms with E-state index in [4.69, 9.17) is 4.74 Å². The first-order valence-electron chi connectivity index (χ1n) is 5.75. The van der Waals surface area contributed by atoms with Crippen LogP contribution in [0.2, 0.25) is 0 Å². The molecule has 1 aromatic carbocycles. The van der Waals surface area contributed by atoms with Gasteiger partial charge < -0.3 is 9.64 Å². The fourth-order valence-corrected chi connectivity index (χ4v) is 2.16. The highest BCUT2D eigenvalue weighted by atomic mass is 16.5. The minimum Gasteiger partial charge on any atom is -0.375 e. The van der Waals surface area contributed by atoms with Crippen LogP contribution in [-0.2, 0) is 11.2 Å². The number of benzene rings is 1. The SMILES string of the molecule is CCc1ccccc1N1CCOC(C)C1. The molecule has 0 radical (unpaired) electrons. The number of ether oxygens (including phenoxy) is 1. The molecule has 1 aliphatic heterocycles. The third-order valence-corrected chi connectivity index (χ3v) is 2.95. The van der Waals surface area contributed by atoms with Crippen LogP contribution in [0.15, 0.2) is 24.3 Å². The van der Waals surface area contributed by atoms with E-state index in [1.165, 1.54) is 11.3 Å². The van der Waals surface area contributed by atoms with Crippen molar-refractivity contribution in [2.75, 3.05) is 24.6 Å². The number of hydrogen-bond acceptors (Lipinski definition) is 2. The highest BCUT2D eigenvalue weighted by molar-refractivity contribution is 5.54. The summed E-state index contributed by atoms with van der Waals surface area (Å²) in [7, 11) is 0. The van der Waals surface area contributed by atoms with Gasteiger partial charge in [0.25, 0.3) is 0 Å². The van der Waals surface area contributed by atoms with E-state index < -0.39 is 0 Å². The predicted octanol–water partition coefficient (Wildman–Crippen LogP) is 2.47. The predicted molar refractivity (Wildman–Crippen MR) is 63.4 cm³/mol. The number of nitrogens with zero attached hydrogens (tertiary/aromatic N) is 1. The number of para-hydroxylation sites is 1. The van der Waals surface area contributed by atoms with Crippen LogP contribution in [-0.4, -0.2) is 25.8 Å². The molecular weight excluding hydrogens is 186 g/mol. The standard InChI is InChI=1S/C13H19NO/c1-3-12-6-4-5-7-13(12)14-8-9-15-11(2)10-14/h4-7,11H,3,8-10H2,1-2H3. The van der Waals surface area contributed by atoms with Gasteiger partial charge in [0.1, 0.15) is 0 Å². The summed E-state index contributed by atoms with van der Waals surface area (Å²) in [5.41, 5.74) is 2.82. The molecule has 1 saturated heterocycles. The number of hydrogen-bond donors (Lipinski definition) is 0. The molecular formula is C13H19NO. The summed E-state index contributed by atoms with van der Waals surface area (Å²) in [6.45, 7) is 7.22. The fourth-order valence-electron chi connectivity index (χ4n) is 2.16. The van der Waals surface area contributed by atoms with Crippen molar-refractivity contribution in [2.45, 2.75) is 26.4 Å². The summed E-state index contributed by atoms with van der Waals surface area (Å²) in [6, 6.07) is 8.67. The zero-order chi connectivity index (χ0) is 10.7. The average molecular weight is 205 g/mol. The molecule has 1 fully saturated rings. The lowest BCUT2D eigenvalue weighted by molar-refractivity contribution is 0.0532. The van der Waals surface area contributed by atoms with Gasteiger partial charge in [-0.3, -0.25) is 0 Å². The second-order valence-electron chi connectivity index (χ2n) is 4.11. The Hall–Kier alpha value is -1.02. The van der Waals surface area contributed by atoms with Gasteiger partial charge in [-0.15, -0.1) is 0 Å². The number of morpholine rings is 1. The molecule has 1 aliphatic rings. The summed E-state index contributed by atoms with van der Waals surface area (Å²) in [6.07, 6.45) is 1.45. The molecule has 0 saturated carbocycles. The van der Waals surface area contributed by atoms with Gasteiger partial charge in [0.15, 0.2) is 0 Å². The van der Waals surface area contributed by atoms with E-state index in [2.05, 4.69) is 43.0 Å². The molecule has 1 atom stereocenters. The molecule has 0 aromatic heterocycles. The van der Waals surface area contributed by atoms with Crippen molar-refractivity contribution in [2.24, 2.45) is 0 Å². The van der Waals surface area contributed by atoms with E-state index in [0.717, 1.165) is 26.1 Å². The number of anilines is 1. The molecule has 82 valence electrons. The van der Waals surface area contributed by atoms with Crippen LogP contribution < -0.4 is 4.90 Å². The summed E-state index contributed by atoms with van der Waals surface area (Å²) in [4.78, 5) is 2.44. The maximum absolute atomic E-state index is 5.56. The normalized spacial score (nSPS) is 21.7. The van der Waals surface area contributed by atoms with E-state index in [-0.39, 0.29) is 0 Å². The van der Waals surface area contributed by atoms with E-state index >= 15 is 0 Å². The first-order valence-corrected chi connectivity index (χ1v) is 5.75. The number of rotatable bonds is 2. The van der Waals surface area contributed by atoms with Crippen LogP contribution in [0.5, 0.6) is 0 Å². The van der Waals surface area contributed by atoms with Crippen molar-refractivity contribution < 1.29 is 4.74 Å². The smallest absolute Gasteiger partial charge is 0.0722 e. The minimum atomic E-state index is 0.351. The lowest BCUT2D eigenvalue weighted by Crippen LogP contribution is -2.41. The van der Waals surface area contributed by atoms with Crippen LogP contribution in [0, 0.1) is 0 Å². The molecule has 0 spiro atoms. The summed E-state index contributed by atoms with van der Waals surface area (Å²) >= 11 is 0. The molecule has 1 aromatic rings. The van der Waals surface area contributed by atoms with Gasteiger partial charge >= 0.3 is 0 Å². The second-order valence-corrected chi connectivity index (χ2v) is 4.11. The van der Waals surface area contributed by atoms with Gasteiger partial charge in [-0.25, -0.2) is 0 Å².